The monoisotopic (exact) mass is 336 g/mol. The fraction of sp³-hybridized carbons (Fsp3) is 0.938. The van der Waals surface area contributed by atoms with Crippen LogP contribution in [0.2, 0.25) is 0 Å². The molecule has 0 aliphatic rings. The van der Waals surface area contributed by atoms with Crippen LogP contribution in [0.3, 0.4) is 0 Å². The van der Waals surface area contributed by atoms with Crippen molar-refractivity contribution >= 4 is 13.6 Å². The summed E-state index contributed by atoms with van der Waals surface area (Å²) < 4.78 is 11.5. The predicted molar refractivity (Wildman–Crippen MR) is 89.2 cm³/mol. The number of carboxylic acids is 1. The van der Waals surface area contributed by atoms with Crippen molar-refractivity contribution in [3.63, 3.8) is 0 Å². The van der Waals surface area contributed by atoms with Crippen LogP contribution < -0.4 is 0 Å². The maximum atomic E-state index is 11.5. The van der Waals surface area contributed by atoms with Crippen molar-refractivity contribution in [3.8, 4) is 0 Å². The van der Waals surface area contributed by atoms with Gasteiger partial charge in [-0.3, -0.25) is 9.36 Å². The zero-order chi connectivity index (χ0) is 16.8. The molecule has 6 heteroatoms. The summed E-state index contributed by atoms with van der Waals surface area (Å²) >= 11 is 0. The van der Waals surface area contributed by atoms with Gasteiger partial charge in [-0.15, -0.1) is 0 Å². The van der Waals surface area contributed by atoms with Gasteiger partial charge in [0.15, 0.2) is 0 Å². The molecule has 1 atom stereocenters. The molecule has 3 N–H and O–H groups in total. The van der Waals surface area contributed by atoms with E-state index in [0.29, 0.717) is 25.7 Å². The van der Waals surface area contributed by atoms with Gasteiger partial charge in [-0.05, 0) is 19.3 Å². The SMILES string of the molecule is CCCCCCCCCCC(CCCCC(=O)O)P(=O)(O)O. The second kappa shape index (κ2) is 13.1. The molecule has 5 nitrogen and oxygen atoms in total. The molecule has 0 aromatic rings. The fourth-order valence-corrected chi connectivity index (χ4v) is 3.69. The van der Waals surface area contributed by atoms with Gasteiger partial charge < -0.3 is 14.9 Å². The molecular weight excluding hydrogens is 303 g/mol. The van der Waals surface area contributed by atoms with Gasteiger partial charge in [-0.25, -0.2) is 0 Å². The molecule has 22 heavy (non-hydrogen) atoms. The lowest BCUT2D eigenvalue weighted by Crippen LogP contribution is -2.09. The smallest absolute Gasteiger partial charge is 0.328 e. The van der Waals surface area contributed by atoms with E-state index < -0.39 is 19.2 Å². The van der Waals surface area contributed by atoms with E-state index in [-0.39, 0.29) is 6.42 Å². The Bertz CT molecular complexity index is 326. The van der Waals surface area contributed by atoms with Gasteiger partial charge in [0, 0.05) is 6.42 Å². The van der Waals surface area contributed by atoms with Crippen LogP contribution in [-0.4, -0.2) is 26.5 Å². The van der Waals surface area contributed by atoms with Gasteiger partial charge in [0.05, 0.1) is 5.66 Å². The van der Waals surface area contributed by atoms with Crippen LogP contribution in [0.1, 0.15) is 90.4 Å². The van der Waals surface area contributed by atoms with Crippen molar-refractivity contribution in [1.29, 1.82) is 0 Å². The molecule has 132 valence electrons. The summed E-state index contributed by atoms with van der Waals surface area (Å²) in [7, 11) is -4.06. The number of carboxylic acid groups (broad SMARTS) is 1. The minimum atomic E-state index is -4.06. The van der Waals surface area contributed by atoms with E-state index in [2.05, 4.69) is 6.92 Å². The molecule has 0 aliphatic heterocycles. The first-order chi connectivity index (χ1) is 10.4. The summed E-state index contributed by atoms with van der Waals surface area (Å²) in [6.45, 7) is 2.19. The number of hydrogen-bond acceptors (Lipinski definition) is 2. The van der Waals surface area contributed by atoms with Crippen LogP contribution in [0.25, 0.3) is 0 Å². The van der Waals surface area contributed by atoms with E-state index in [1.165, 1.54) is 32.1 Å². The summed E-state index contributed by atoms with van der Waals surface area (Å²) in [4.78, 5) is 29.2. The molecule has 0 aromatic heterocycles. The minimum absolute atomic E-state index is 0.0750. The Morgan fingerprint density at radius 2 is 1.32 bits per heavy atom. The largest absolute Gasteiger partial charge is 0.481 e. The van der Waals surface area contributed by atoms with E-state index in [0.717, 1.165) is 19.3 Å². The maximum absolute atomic E-state index is 11.5. The number of rotatable bonds is 15. The number of hydrogen-bond donors (Lipinski definition) is 3. The normalized spacial score (nSPS) is 13.2. The van der Waals surface area contributed by atoms with Gasteiger partial charge in [0.25, 0.3) is 0 Å². The minimum Gasteiger partial charge on any atom is -0.481 e. The third-order valence-corrected chi connectivity index (χ3v) is 5.51. The zero-order valence-electron chi connectivity index (χ0n) is 13.9. The Balaban J connectivity index is 3.77. The van der Waals surface area contributed by atoms with Gasteiger partial charge in [0.1, 0.15) is 0 Å². The lowest BCUT2D eigenvalue weighted by molar-refractivity contribution is -0.137. The van der Waals surface area contributed by atoms with Gasteiger partial charge in [-0.1, -0.05) is 64.7 Å². The van der Waals surface area contributed by atoms with E-state index in [4.69, 9.17) is 5.11 Å². The Hall–Kier alpha value is -0.380. The van der Waals surface area contributed by atoms with E-state index >= 15 is 0 Å². The van der Waals surface area contributed by atoms with Crippen molar-refractivity contribution in [1.82, 2.24) is 0 Å². The summed E-state index contributed by atoms with van der Waals surface area (Å²) in [5.74, 6) is -0.851. The number of unbranched alkanes of at least 4 members (excludes halogenated alkanes) is 8. The molecule has 0 aliphatic carbocycles. The average molecular weight is 336 g/mol. The second-order valence-corrected chi connectivity index (χ2v) is 8.05. The standard InChI is InChI=1S/C16H33O5P/c1-2-3-4-5-6-7-8-9-12-15(22(19,20)21)13-10-11-14-16(17)18/h15H,2-14H2,1H3,(H,17,18)(H2,19,20,21). The molecule has 0 saturated carbocycles. The highest BCUT2D eigenvalue weighted by Crippen LogP contribution is 2.46. The Kier molecular flexibility index (Phi) is 12.9. The van der Waals surface area contributed by atoms with Crippen LogP contribution in [0.4, 0.5) is 0 Å². The Labute approximate surface area is 134 Å². The van der Waals surface area contributed by atoms with E-state index in [9.17, 15) is 19.1 Å². The third-order valence-electron chi connectivity index (χ3n) is 4.04. The van der Waals surface area contributed by atoms with Crippen molar-refractivity contribution in [2.24, 2.45) is 0 Å². The predicted octanol–water partition coefficient (Wildman–Crippen LogP) is 4.71. The van der Waals surface area contributed by atoms with Gasteiger partial charge in [-0.2, -0.15) is 0 Å². The van der Waals surface area contributed by atoms with Gasteiger partial charge >= 0.3 is 13.6 Å². The second-order valence-electron chi connectivity index (χ2n) is 6.15. The van der Waals surface area contributed by atoms with Crippen LogP contribution >= 0.6 is 7.60 Å². The van der Waals surface area contributed by atoms with Gasteiger partial charge in [0.2, 0.25) is 0 Å². The molecule has 1 unspecified atom stereocenters. The van der Waals surface area contributed by atoms with E-state index in [1.807, 2.05) is 0 Å². The summed E-state index contributed by atoms with van der Waals surface area (Å²) in [6.07, 6.45) is 11.4. The highest BCUT2D eigenvalue weighted by Gasteiger charge is 2.27. The molecule has 0 saturated heterocycles. The maximum Gasteiger partial charge on any atom is 0.328 e. The molecular formula is C16H33O5P. The summed E-state index contributed by atoms with van der Waals surface area (Å²) in [5, 5.41) is 8.56. The highest BCUT2D eigenvalue weighted by molar-refractivity contribution is 7.52. The first-order valence-electron chi connectivity index (χ1n) is 8.65. The van der Waals surface area contributed by atoms with Crippen molar-refractivity contribution < 1.29 is 24.3 Å². The van der Waals surface area contributed by atoms with Crippen molar-refractivity contribution in [2.45, 2.75) is 96.1 Å². The molecule has 0 fully saturated rings. The first-order valence-corrected chi connectivity index (χ1v) is 10.3. The van der Waals surface area contributed by atoms with Crippen molar-refractivity contribution in [3.05, 3.63) is 0 Å². The van der Waals surface area contributed by atoms with Crippen LogP contribution in [0.15, 0.2) is 0 Å². The highest BCUT2D eigenvalue weighted by atomic mass is 31.2. The van der Waals surface area contributed by atoms with Crippen LogP contribution in [-0.2, 0) is 9.36 Å². The number of carbonyl (C=O) groups is 1. The lowest BCUT2D eigenvalue weighted by Gasteiger charge is -2.18. The quantitative estimate of drug-likeness (QED) is 0.297. The lowest BCUT2D eigenvalue weighted by atomic mass is 10.0. The zero-order valence-corrected chi connectivity index (χ0v) is 14.8. The first kappa shape index (κ1) is 21.6. The van der Waals surface area contributed by atoms with Crippen LogP contribution in [0, 0.1) is 0 Å². The molecule has 0 aromatic carbocycles. The molecule has 0 heterocycles. The number of aliphatic carboxylic acids is 1. The molecule has 0 spiro atoms. The fourth-order valence-electron chi connectivity index (χ4n) is 2.65. The Morgan fingerprint density at radius 1 is 0.864 bits per heavy atom. The average Bonchev–Trinajstić information content (AvgIpc) is 2.42. The topological polar surface area (TPSA) is 94.8 Å². The van der Waals surface area contributed by atoms with E-state index in [1.54, 1.807) is 0 Å². The summed E-state index contributed by atoms with van der Waals surface area (Å²) in [5.41, 5.74) is -0.596. The molecule has 0 rings (SSSR count). The Morgan fingerprint density at radius 3 is 1.77 bits per heavy atom. The molecule has 0 amide bonds. The van der Waals surface area contributed by atoms with Crippen molar-refractivity contribution in [2.75, 3.05) is 0 Å². The molecule has 0 radical (unpaired) electrons. The van der Waals surface area contributed by atoms with Crippen LogP contribution in [0.5, 0.6) is 0 Å². The molecule has 0 bridgehead atoms. The summed E-state index contributed by atoms with van der Waals surface area (Å²) in [6, 6.07) is 0. The third kappa shape index (κ3) is 13.3.